The van der Waals surface area contributed by atoms with E-state index in [2.05, 4.69) is 159 Å². The SMILES string of the molecule is BrC1=C(Br)C(Br)(Br)C(Br)(Br)C2=C1c1c(Br)c(Br)c(Br)c(Br)c12. The Hall–Kier alpha value is 3.50. The van der Waals surface area contributed by atoms with Crippen LogP contribution in [0.2, 0.25) is 0 Å². The molecular formula is C12Br10. The molecule has 0 fully saturated rings. The van der Waals surface area contributed by atoms with Crippen molar-refractivity contribution in [2.45, 2.75) is 6.47 Å². The Morgan fingerprint density at radius 2 is 1.00 bits per heavy atom. The molecule has 0 unspecified atom stereocenters. The molecule has 0 saturated carbocycles. The van der Waals surface area contributed by atoms with E-state index in [1.54, 1.807) is 0 Å². The molecule has 0 aromatic heterocycles. The smallest absolute Gasteiger partial charge is 0.0644 e. The lowest BCUT2D eigenvalue weighted by Crippen LogP contribution is -2.42. The molecule has 0 spiro atoms. The second-order valence-electron chi connectivity index (χ2n) is 4.53. The number of allylic oxidation sites excluding steroid dienone is 4. The summed E-state index contributed by atoms with van der Waals surface area (Å²) in [6.45, 7) is 0. The standard InChI is InChI=1S/C12Br10/c13-5-1-2(6(14)9(17)8(5)16)4-3(1)7(15)10(18)12(21,22)11(4,19)20. The van der Waals surface area contributed by atoms with Gasteiger partial charge in [0.25, 0.3) is 0 Å². The molecule has 0 N–H and O–H groups in total. The number of benzene rings is 1. The normalized spacial score (nSPS) is 21.5. The summed E-state index contributed by atoms with van der Waals surface area (Å²) in [5.74, 6) is 0. The molecule has 1 aromatic rings. The van der Waals surface area contributed by atoms with E-state index in [9.17, 15) is 0 Å². The highest BCUT2D eigenvalue weighted by Gasteiger charge is 2.59. The molecule has 0 nitrogen and oxygen atoms in total. The second kappa shape index (κ2) is 6.54. The van der Waals surface area contributed by atoms with Gasteiger partial charge in [-0.05, 0) is 79.6 Å². The summed E-state index contributed by atoms with van der Waals surface area (Å²) in [5, 5.41) is 0. The molecule has 0 heterocycles. The first kappa shape index (κ1) is 20.2. The molecule has 22 heavy (non-hydrogen) atoms. The molecule has 2 aliphatic carbocycles. The van der Waals surface area contributed by atoms with E-state index in [0.29, 0.717) is 0 Å². The van der Waals surface area contributed by atoms with Crippen molar-refractivity contribution in [2.75, 3.05) is 0 Å². The second-order valence-corrected chi connectivity index (χ2v) is 16.2. The Balaban J connectivity index is 2.43. The minimum absolute atomic E-state index is 0.527. The van der Waals surface area contributed by atoms with E-state index in [0.717, 1.165) is 49.1 Å². The number of alkyl halides is 4. The molecule has 118 valence electrons. The van der Waals surface area contributed by atoms with Gasteiger partial charge in [0.1, 0.15) is 6.47 Å². The van der Waals surface area contributed by atoms with Gasteiger partial charge in [-0.2, -0.15) is 0 Å². The quantitative estimate of drug-likeness (QED) is 0.138. The first-order valence-electron chi connectivity index (χ1n) is 5.39. The van der Waals surface area contributed by atoms with Crippen molar-refractivity contribution in [3.05, 3.63) is 38.0 Å². The van der Waals surface area contributed by atoms with Crippen LogP contribution in [0.15, 0.2) is 26.9 Å². The average Bonchev–Trinajstić information content (AvgIpc) is 2.40. The Morgan fingerprint density at radius 3 is 1.50 bits per heavy atom. The van der Waals surface area contributed by atoms with Crippen LogP contribution in [0.3, 0.4) is 0 Å². The Bertz CT molecular complexity index is 799. The van der Waals surface area contributed by atoms with Gasteiger partial charge in [0.2, 0.25) is 0 Å². The van der Waals surface area contributed by atoms with Gasteiger partial charge in [-0.25, -0.2) is 0 Å². The van der Waals surface area contributed by atoms with Crippen LogP contribution in [0, 0.1) is 0 Å². The van der Waals surface area contributed by atoms with Crippen LogP contribution in [0.25, 0.3) is 11.1 Å². The molecule has 0 atom stereocenters. The molecule has 2 aliphatic rings. The first-order chi connectivity index (χ1) is 9.96. The minimum Gasteiger partial charge on any atom is -0.0644 e. The number of halogens is 10. The highest BCUT2D eigenvalue weighted by Crippen LogP contribution is 2.72. The highest BCUT2D eigenvalue weighted by atomic mass is 79.9. The van der Waals surface area contributed by atoms with Gasteiger partial charge in [0.05, 0.1) is 0 Å². The lowest BCUT2D eigenvalue weighted by molar-refractivity contribution is 1.01. The topological polar surface area (TPSA) is 0 Å². The number of hydrogen-bond donors (Lipinski definition) is 0. The molecule has 10 heteroatoms. The molecule has 0 aliphatic heterocycles. The van der Waals surface area contributed by atoms with Gasteiger partial charge in [0.15, 0.2) is 0 Å². The van der Waals surface area contributed by atoms with Crippen molar-refractivity contribution < 1.29 is 0 Å². The third-order valence-corrected chi connectivity index (χ3v) is 17.7. The van der Waals surface area contributed by atoms with Gasteiger partial charge in [-0.15, -0.1) is 0 Å². The summed E-state index contributed by atoms with van der Waals surface area (Å²) in [7, 11) is 0. The van der Waals surface area contributed by atoms with Crippen LogP contribution in [-0.4, -0.2) is 6.47 Å². The van der Waals surface area contributed by atoms with E-state index in [1.165, 1.54) is 0 Å². The van der Waals surface area contributed by atoms with Gasteiger partial charge >= 0.3 is 0 Å². The Labute approximate surface area is 211 Å². The lowest BCUT2D eigenvalue weighted by Gasteiger charge is -2.47. The summed E-state index contributed by atoms with van der Waals surface area (Å²) in [6, 6.07) is 0. The van der Waals surface area contributed by atoms with Crippen molar-refractivity contribution >= 4 is 170 Å². The number of rotatable bonds is 0. The van der Waals surface area contributed by atoms with Crippen molar-refractivity contribution in [2.24, 2.45) is 0 Å². The van der Waals surface area contributed by atoms with Crippen LogP contribution in [0.4, 0.5) is 0 Å². The van der Waals surface area contributed by atoms with Gasteiger partial charge in [-0.1, -0.05) is 79.6 Å². The molecule has 3 rings (SSSR count). The minimum atomic E-state index is -0.534. The largest absolute Gasteiger partial charge is 0.142 e. The van der Waals surface area contributed by atoms with Crippen LogP contribution in [0.5, 0.6) is 0 Å². The third kappa shape index (κ3) is 2.54. The number of hydrogen-bond acceptors (Lipinski definition) is 0. The maximum atomic E-state index is 3.83. The Kier molecular flexibility index (Phi) is 6.01. The summed E-state index contributed by atoms with van der Waals surface area (Å²) in [4.78, 5) is 0. The number of fused-ring (bicyclic) bond motifs is 3. The molecule has 1 aromatic carbocycles. The van der Waals surface area contributed by atoms with Crippen LogP contribution in [-0.2, 0) is 0 Å². The molecule has 0 saturated heterocycles. The zero-order valence-corrected chi connectivity index (χ0v) is 25.6. The Morgan fingerprint density at radius 1 is 0.545 bits per heavy atom. The highest BCUT2D eigenvalue weighted by molar-refractivity contribution is 9.31. The molecular weight excluding hydrogens is 943 g/mol. The van der Waals surface area contributed by atoms with Crippen molar-refractivity contribution in [1.82, 2.24) is 0 Å². The van der Waals surface area contributed by atoms with Crippen LogP contribution < -0.4 is 0 Å². The van der Waals surface area contributed by atoms with Crippen molar-refractivity contribution in [3.8, 4) is 0 Å². The fourth-order valence-corrected chi connectivity index (χ4v) is 9.12. The summed E-state index contributed by atoms with van der Waals surface area (Å²) < 4.78 is 4.87. The first-order valence-corrected chi connectivity index (χ1v) is 13.3. The van der Waals surface area contributed by atoms with Gasteiger partial charge < -0.3 is 0 Å². The predicted octanol–water partition coefficient (Wildman–Crippen LogP) is 9.95. The van der Waals surface area contributed by atoms with Crippen molar-refractivity contribution in [3.63, 3.8) is 0 Å². The fourth-order valence-electron chi connectivity index (χ4n) is 2.36. The van der Waals surface area contributed by atoms with Crippen LogP contribution >= 0.6 is 159 Å². The zero-order valence-electron chi connectivity index (χ0n) is 9.78. The van der Waals surface area contributed by atoms with E-state index < -0.39 is 6.47 Å². The maximum absolute atomic E-state index is 3.83. The summed E-state index contributed by atoms with van der Waals surface area (Å²) >= 11 is 37.2. The fraction of sp³-hybridized carbons (Fsp3) is 0.167. The summed E-state index contributed by atoms with van der Waals surface area (Å²) in [6.07, 6.45) is 0. The maximum Gasteiger partial charge on any atom is 0.142 e. The monoisotopic (exact) mass is 933 g/mol. The van der Waals surface area contributed by atoms with Gasteiger partial charge in [0, 0.05) is 49.1 Å². The van der Waals surface area contributed by atoms with Crippen LogP contribution in [0.1, 0.15) is 11.1 Å². The average molecular weight is 943 g/mol. The molecule has 0 radical (unpaired) electrons. The van der Waals surface area contributed by atoms with E-state index in [1.807, 2.05) is 0 Å². The van der Waals surface area contributed by atoms with E-state index >= 15 is 0 Å². The van der Waals surface area contributed by atoms with E-state index in [4.69, 9.17) is 0 Å². The summed E-state index contributed by atoms with van der Waals surface area (Å²) in [5.41, 5.74) is 4.59. The third-order valence-electron chi connectivity index (χ3n) is 3.41. The van der Waals surface area contributed by atoms with E-state index in [-0.39, 0.29) is 0 Å². The predicted molar refractivity (Wildman–Crippen MR) is 130 cm³/mol. The van der Waals surface area contributed by atoms with Crippen molar-refractivity contribution in [1.29, 1.82) is 0 Å². The zero-order chi connectivity index (χ0) is 16.8. The molecule has 0 amide bonds. The van der Waals surface area contributed by atoms with Gasteiger partial charge in [-0.3, -0.25) is 0 Å². The molecule has 0 bridgehead atoms. The lowest BCUT2D eigenvalue weighted by atomic mass is 9.75.